The Morgan fingerprint density at radius 1 is 1.32 bits per heavy atom. The monoisotopic (exact) mass is 336 g/mol. The lowest BCUT2D eigenvalue weighted by atomic mass is 10.2. The highest BCUT2D eigenvalue weighted by molar-refractivity contribution is 5.92. The van der Waals surface area contributed by atoms with Crippen LogP contribution in [0.5, 0.6) is 0 Å². The summed E-state index contributed by atoms with van der Waals surface area (Å²) in [6, 6.07) is 10.0. The maximum atomic E-state index is 12.9. The van der Waals surface area contributed by atoms with Crippen LogP contribution >= 0.6 is 0 Å². The van der Waals surface area contributed by atoms with Gasteiger partial charge >= 0.3 is 0 Å². The Hall–Kier alpha value is -2.96. The van der Waals surface area contributed by atoms with E-state index in [4.69, 9.17) is 0 Å². The largest absolute Gasteiger partial charge is 0.332 e. The van der Waals surface area contributed by atoms with Crippen molar-refractivity contribution in [1.82, 2.24) is 29.7 Å². The first-order valence-electron chi connectivity index (χ1n) is 8.48. The molecule has 1 amide bonds. The summed E-state index contributed by atoms with van der Waals surface area (Å²) in [5.74, 6) is -0.0615. The van der Waals surface area contributed by atoms with Gasteiger partial charge in [-0.2, -0.15) is 5.10 Å². The summed E-state index contributed by atoms with van der Waals surface area (Å²) in [7, 11) is 0. The minimum Gasteiger partial charge on any atom is -0.332 e. The van der Waals surface area contributed by atoms with Crippen LogP contribution in [-0.4, -0.2) is 48.2 Å². The van der Waals surface area contributed by atoms with E-state index < -0.39 is 0 Å². The van der Waals surface area contributed by atoms with E-state index in [2.05, 4.69) is 15.4 Å². The van der Waals surface area contributed by atoms with E-state index >= 15 is 0 Å². The summed E-state index contributed by atoms with van der Waals surface area (Å²) < 4.78 is 3.53. The van der Waals surface area contributed by atoms with Crippen molar-refractivity contribution in [3.05, 3.63) is 60.2 Å². The molecule has 1 unspecified atom stereocenters. The molecule has 7 nitrogen and oxygen atoms in total. The normalized spacial score (nSPS) is 17.2. The molecular formula is C18H20N6O. The van der Waals surface area contributed by atoms with Gasteiger partial charge in [0.05, 0.1) is 24.5 Å². The fraction of sp³-hybridized carbons (Fsp3) is 0.333. The first-order chi connectivity index (χ1) is 12.2. The van der Waals surface area contributed by atoms with E-state index in [1.54, 1.807) is 17.1 Å². The van der Waals surface area contributed by atoms with Gasteiger partial charge in [-0.1, -0.05) is 17.3 Å². The van der Waals surface area contributed by atoms with E-state index in [-0.39, 0.29) is 11.9 Å². The van der Waals surface area contributed by atoms with Gasteiger partial charge in [0.1, 0.15) is 0 Å². The molecule has 0 N–H and O–H groups in total. The molecule has 3 aromatic rings. The minimum atomic E-state index is -0.0615. The number of likely N-dealkylation sites (tertiary alicyclic amines) is 1. The molecule has 1 atom stereocenters. The average Bonchev–Trinajstić information content (AvgIpc) is 3.36. The van der Waals surface area contributed by atoms with Crippen molar-refractivity contribution in [3.63, 3.8) is 0 Å². The van der Waals surface area contributed by atoms with E-state index in [9.17, 15) is 4.79 Å². The van der Waals surface area contributed by atoms with Crippen molar-refractivity contribution in [3.8, 4) is 5.69 Å². The average molecular weight is 336 g/mol. The summed E-state index contributed by atoms with van der Waals surface area (Å²) in [4.78, 5) is 14.8. The predicted octanol–water partition coefficient (Wildman–Crippen LogP) is 2.08. The Labute approximate surface area is 145 Å². The second-order valence-electron chi connectivity index (χ2n) is 6.41. The van der Waals surface area contributed by atoms with Crippen LogP contribution in [0.2, 0.25) is 0 Å². The number of nitrogens with zero attached hydrogens (tertiary/aromatic N) is 6. The zero-order valence-electron chi connectivity index (χ0n) is 14.1. The molecule has 1 saturated heterocycles. The number of aromatic nitrogens is 5. The number of carbonyl (C=O) groups excluding carboxylic acids is 1. The van der Waals surface area contributed by atoms with Crippen molar-refractivity contribution < 1.29 is 4.79 Å². The van der Waals surface area contributed by atoms with Gasteiger partial charge in [-0.25, -0.2) is 4.68 Å². The van der Waals surface area contributed by atoms with Crippen molar-refractivity contribution >= 4 is 5.91 Å². The number of benzene rings is 1. The van der Waals surface area contributed by atoms with Crippen LogP contribution in [0.1, 0.15) is 28.9 Å². The third-order valence-electron chi connectivity index (χ3n) is 4.57. The number of amides is 1. The second-order valence-corrected chi connectivity index (χ2v) is 6.41. The van der Waals surface area contributed by atoms with Gasteiger partial charge < -0.3 is 4.90 Å². The van der Waals surface area contributed by atoms with Crippen LogP contribution in [-0.2, 0) is 6.54 Å². The molecule has 1 aliphatic rings. The highest BCUT2D eigenvalue weighted by Crippen LogP contribution is 2.21. The Balaban J connectivity index is 1.52. The molecular weight excluding hydrogens is 316 g/mol. The van der Waals surface area contributed by atoms with E-state index in [0.717, 1.165) is 30.6 Å². The zero-order chi connectivity index (χ0) is 17.2. The summed E-state index contributed by atoms with van der Waals surface area (Å²) in [5, 5.41) is 12.5. The Morgan fingerprint density at radius 3 is 3.04 bits per heavy atom. The molecule has 2 aromatic heterocycles. The number of carbonyl (C=O) groups is 1. The Bertz CT molecular complexity index is 869. The molecule has 0 bridgehead atoms. The second kappa shape index (κ2) is 6.51. The fourth-order valence-corrected chi connectivity index (χ4v) is 3.32. The quantitative estimate of drug-likeness (QED) is 0.731. The minimum absolute atomic E-state index is 0.0615. The van der Waals surface area contributed by atoms with Crippen molar-refractivity contribution in [1.29, 1.82) is 0 Å². The van der Waals surface area contributed by atoms with Gasteiger partial charge in [0.15, 0.2) is 5.69 Å². The molecule has 1 aromatic carbocycles. The molecule has 128 valence electrons. The molecule has 0 aliphatic carbocycles. The number of hydrogen-bond acceptors (Lipinski definition) is 4. The summed E-state index contributed by atoms with van der Waals surface area (Å²) in [5.41, 5.74) is 2.43. The van der Waals surface area contributed by atoms with Crippen LogP contribution in [0.15, 0.2) is 48.9 Å². The first kappa shape index (κ1) is 15.6. The molecule has 0 spiro atoms. The van der Waals surface area contributed by atoms with Crippen molar-refractivity contribution in [2.45, 2.75) is 32.4 Å². The zero-order valence-corrected chi connectivity index (χ0v) is 14.1. The van der Waals surface area contributed by atoms with Gasteiger partial charge in [-0.3, -0.25) is 9.48 Å². The highest BCUT2D eigenvalue weighted by Gasteiger charge is 2.31. The van der Waals surface area contributed by atoms with Crippen LogP contribution in [0, 0.1) is 6.92 Å². The molecule has 25 heavy (non-hydrogen) atoms. The Kier molecular flexibility index (Phi) is 4.05. The predicted molar refractivity (Wildman–Crippen MR) is 92.4 cm³/mol. The van der Waals surface area contributed by atoms with Crippen LogP contribution < -0.4 is 0 Å². The van der Waals surface area contributed by atoms with Gasteiger partial charge in [0.25, 0.3) is 5.91 Å². The van der Waals surface area contributed by atoms with E-state index in [1.165, 1.54) is 0 Å². The number of rotatable bonds is 4. The van der Waals surface area contributed by atoms with E-state index in [0.29, 0.717) is 12.2 Å². The smallest absolute Gasteiger partial charge is 0.276 e. The SMILES string of the molecule is Cc1cccc(-n2cc(C(=O)N3CCCC3Cn3cccn3)nn2)c1. The number of aryl methyl sites for hydroxylation is 1. The van der Waals surface area contributed by atoms with Crippen LogP contribution in [0.3, 0.4) is 0 Å². The molecule has 3 heterocycles. The topological polar surface area (TPSA) is 68.8 Å². The van der Waals surface area contributed by atoms with E-state index in [1.807, 2.05) is 53.0 Å². The molecule has 0 saturated carbocycles. The molecule has 1 aliphatic heterocycles. The third-order valence-corrected chi connectivity index (χ3v) is 4.57. The van der Waals surface area contributed by atoms with Gasteiger partial charge in [0, 0.05) is 18.9 Å². The van der Waals surface area contributed by atoms with Gasteiger partial charge in [-0.15, -0.1) is 5.10 Å². The Morgan fingerprint density at radius 2 is 2.24 bits per heavy atom. The van der Waals surface area contributed by atoms with Crippen molar-refractivity contribution in [2.24, 2.45) is 0 Å². The summed E-state index contributed by atoms with van der Waals surface area (Å²) >= 11 is 0. The van der Waals surface area contributed by atoms with Crippen LogP contribution in [0.25, 0.3) is 5.69 Å². The van der Waals surface area contributed by atoms with Gasteiger partial charge in [-0.05, 0) is 43.5 Å². The molecule has 0 radical (unpaired) electrons. The fourth-order valence-electron chi connectivity index (χ4n) is 3.32. The molecule has 7 heteroatoms. The highest BCUT2D eigenvalue weighted by atomic mass is 16.2. The maximum absolute atomic E-state index is 12.9. The number of hydrogen-bond donors (Lipinski definition) is 0. The van der Waals surface area contributed by atoms with Crippen molar-refractivity contribution in [2.75, 3.05) is 6.54 Å². The third kappa shape index (κ3) is 3.17. The summed E-state index contributed by atoms with van der Waals surface area (Å²) in [6.07, 6.45) is 7.38. The first-order valence-corrected chi connectivity index (χ1v) is 8.48. The van der Waals surface area contributed by atoms with Crippen LogP contribution in [0.4, 0.5) is 0 Å². The standard InChI is InChI=1S/C18H20N6O/c1-14-5-2-6-15(11-14)24-13-17(20-21-24)18(25)23-10-3-7-16(23)12-22-9-4-8-19-22/h2,4-6,8-9,11,13,16H,3,7,10,12H2,1H3. The lowest BCUT2D eigenvalue weighted by Gasteiger charge is -2.23. The molecule has 4 rings (SSSR count). The van der Waals surface area contributed by atoms with Gasteiger partial charge in [0.2, 0.25) is 0 Å². The lowest BCUT2D eigenvalue weighted by molar-refractivity contribution is 0.0715. The summed E-state index contributed by atoms with van der Waals surface area (Å²) in [6.45, 7) is 3.49. The molecule has 1 fully saturated rings. The maximum Gasteiger partial charge on any atom is 0.276 e. The lowest BCUT2D eigenvalue weighted by Crippen LogP contribution is -2.38.